The van der Waals surface area contributed by atoms with Gasteiger partial charge in [-0.05, 0) is 0 Å². The van der Waals surface area contributed by atoms with Gasteiger partial charge in [0.1, 0.15) is 0 Å². The summed E-state index contributed by atoms with van der Waals surface area (Å²) in [4.78, 5) is 0. The monoisotopic (exact) mass is 312 g/mol. The minimum atomic E-state index is 0. The molecule has 0 aromatic carbocycles. The third-order valence-corrected chi connectivity index (χ3v) is 0. The van der Waals surface area contributed by atoms with Crippen LogP contribution >= 0.6 is 0 Å². The summed E-state index contributed by atoms with van der Waals surface area (Å²) >= 11 is 0. The Hall–Kier alpha value is 1.70. The first-order valence-electron chi connectivity index (χ1n) is 0. The molecule has 0 spiro atoms. The Morgan fingerprint density at radius 2 is 0.800 bits per heavy atom. The maximum atomic E-state index is 0. The first kappa shape index (κ1) is 75.4. The maximum Gasteiger partial charge on any atom is 2.00 e. The van der Waals surface area contributed by atoms with Gasteiger partial charge in [0.15, 0.2) is 0 Å². The average Bonchev–Trinajstić information content (AvgIpc) is 0. The molecule has 5 heteroatoms. The molecule has 0 rings (SSSR count). The third-order valence-electron chi connectivity index (χ3n) is 0. The van der Waals surface area contributed by atoms with E-state index in [-0.39, 0.29) is 73.4 Å². The zero-order valence-corrected chi connectivity index (χ0v) is 8.01. The Labute approximate surface area is 72.9 Å². The Balaban J connectivity index is 0. The van der Waals surface area contributed by atoms with Gasteiger partial charge in [0.05, 0.1) is 0 Å². The Morgan fingerprint density at radius 1 is 0.800 bits per heavy atom. The van der Waals surface area contributed by atoms with Gasteiger partial charge in [-0.3, -0.25) is 0 Å². The number of hydrogen-bond acceptors (Lipinski definition) is 0. The Kier molecular flexibility index (Phi) is 658. The summed E-state index contributed by atoms with van der Waals surface area (Å²) in [5.74, 6) is 0. The molecule has 0 saturated heterocycles. The summed E-state index contributed by atoms with van der Waals surface area (Å²) in [6.45, 7) is 0. The molecule has 0 aliphatic rings. The van der Waals surface area contributed by atoms with E-state index in [1.54, 1.807) is 0 Å². The fraction of sp³-hybridized carbons (Fsp3) is 0. The van der Waals surface area contributed by atoms with E-state index in [9.17, 15) is 0 Å². The fourth-order valence-electron chi connectivity index (χ4n) is 0. The van der Waals surface area contributed by atoms with E-state index in [1.807, 2.05) is 0 Å². The molecule has 0 fully saturated rings. The van der Waals surface area contributed by atoms with Crippen LogP contribution < -0.4 is 0 Å². The predicted molar refractivity (Wildman–Crippen MR) is 10.0 cm³/mol. The van der Waals surface area contributed by atoms with E-state index in [0.29, 0.717) is 0 Å². The number of rotatable bonds is 0. The summed E-state index contributed by atoms with van der Waals surface area (Å²) in [6.07, 6.45) is 0. The van der Waals surface area contributed by atoms with Crippen LogP contribution in [-0.4, -0.2) is 23.1 Å². The molecule has 0 radical (unpaired) electrons. The van der Waals surface area contributed by atoms with Crippen molar-refractivity contribution < 1.29 is 50.4 Å². The summed E-state index contributed by atoms with van der Waals surface area (Å²) in [5, 5.41) is 0. The SMILES string of the molecule is [H-].[H-].[Mg+2].[O-2].[O-2].[O-2].[U]. The summed E-state index contributed by atoms with van der Waals surface area (Å²) < 4.78 is 0. The van der Waals surface area contributed by atoms with Crippen LogP contribution in [0.15, 0.2) is 0 Å². The fourth-order valence-corrected chi connectivity index (χ4v) is 0. The summed E-state index contributed by atoms with van der Waals surface area (Å²) in [6, 6.07) is 0. The quantitative estimate of drug-likeness (QED) is 0.540. The first-order valence-corrected chi connectivity index (χ1v) is 0. The van der Waals surface area contributed by atoms with Gasteiger partial charge in [0.25, 0.3) is 0 Å². The van der Waals surface area contributed by atoms with Gasteiger partial charge in [0, 0.05) is 31.1 Å². The van der Waals surface area contributed by atoms with Gasteiger partial charge >= 0.3 is 23.1 Å². The molecule has 0 unspecified atom stereocenters. The molecule has 0 aromatic heterocycles. The van der Waals surface area contributed by atoms with Crippen LogP contribution in [0, 0.1) is 31.1 Å². The second kappa shape index (κ2) is 43.6. The van der Waals surface area contributed by atoms with Crippen molar-refractivity contribution in [2.75, 3.05) is 0 Å². The van der Waals surface area contributed by atoms with E-state index in [4.69, 9.17) is 0 Å². The molecule has 0 aliphatic carbocycles. The van der Waals surface area contributed by atoms with Crippen molar-refractivity contribution >= 4 is 23.1 Å². The number of hydrogen-bond donors (Lipinski definition) is 0. The van der Waals surface area contributed by atoms with Crippen molar-refractivity contribution in [3.63, 3.8) is 0 Å². The van der Waals surface area contributed by atoms with E-state index in [2.05, 4.69) is 0 Å². The maximum absolute atomic E-state index is 0. The van der Waals surface area contributed by atoms with Crippen molar-refractivity contribution in [2.24, 2.45) is 0 Å². The molecule has 32 valence electrons. The molecular formula is H2MgO3U-6. The van der Waals surface area contributed by atoms with Gasteiger partial charge < -0.3 is 19.3 Å². The zero-order valence-electron chi connectivity index (χ0n) is 4.43. The van der Waals surface area contributed by atoms with Crippen LogP contribution in [0.5, 0.6) is 0 Å². The summed E-state index contributed by atoms with van der Waals surface area (Å²) in [7, 11) is 0. The van der Waals surface area contributed by atoms with Crippen LogP contribution in [0.1, 0.15) is 2.85 Å². The molecule has 5 heavy (non-hydrogen) atoms. The first-order chi connectivity index (χ1) is 0. The van der Waals surface area contributed by atoms with Crippen molar-refractivity contribution in [3.8, 4) is 0 Å². The Morgan fingerprint density at radius 3 is 0.800 bits per heavy atom. The third kappa shape index (κ3) is 27.0. The van der Waals surface area contributed by atoms with Crippen molar-refractivity contribution in [1.82, 2.24) is 0 Å². The zero-order chi connectivity index (χ0) is 0. The molecule has 0 N–H and O–H groups in total. The molecule has 0 saturated carbocycles. The van der Waals surface area contributed by atoms with Crippen LogP contribution in [0.2, 0.25) is 0 Å². The van der Waals surface area contributed by atoms with Gasteiger partial charge in [-0.1, -0.05) is 0 Å². The van der Waals surface area contributed by atoms with Crippen LogP contribution in [0.3, 0.4) is 0 Å². The van der Waals surface area contributed by atoms with Crippen LogP contribution in [0.4, 0.5) is 0 Å². The minimum Gasteiger partial charge on any atom is -2.00 e. The van der Waals surface area contributed by atoms with Crippen LogP contribution in [-0.2, 0) is 16.4 Å². The second-order valence-corrected chi connectivity index (χ2v) is 0. The standard InChI is InChI=1S/Mg.3O.U.2H/q+2;3*-2;;2*-1. The normalized spacial score (nSPS) is 0. The molecule has 0 aliphatic heterocycles. The molecular weight excluding hydrogens is 310 g/mol. The van der Waals surface area contributed by atoms with Crippen LogP contribution in [0.25, 0.3) is 0 Å². The average molecular weight is 312 g/mol. The van der Waals surface area contributed by atoms with E-state index in [1.165, 1.54) is 0 Å². The molecule has 0 atom stereocenters. The second-order valence-electron chi connectivity index (χ2n) is 0. The van der Waals surface area contributed by atoms with E-state index < -0.39 is 0 Å². The van der Waals surface area contributed by atoms with Crippen molar-refractivity contribution in [1.29, 1.82) is 0 Å². The Bertz CT molecular complexity index is 12.9. The summed E-state index contributed by atoms with van der Waals surface area (Å²) in [5.41, 5.74) is 0. The topological polar surface area (TPSA) is 85.5 Å². The van der Waals surface area contributed by atoms with Crippen molar-refractivity contribution in [2.45, 2.75) is 0 Å². The largest absolute Gasteiger partial charge is 2.00 e. The van der Waals surface area contributed by atoms with Gasteiger partial charge in [-0.25, -0.2) is 0 Å². The van der Waals surface area contributed by atoms with E-state index >= 15 is 0 Å². The smallest absolute Gasteiger partial charge is 2.00 e. The predicted octanol–water partition coefficient (Wildman–Crippen LogP) is -0.512. The molecule has 0 aromatic rings. The molecule has 0 heterocycles. The molecule has 3 nitrogen and oxygen atoms in total. The molecule has 0 bridgehead atoms. The van der Waals surface area contributed by atoms with Gasteiger partial charge in [0.2, 0.25) is 0 Å². The molecule has 0 amide bonds. The van der Waals surface area contributed by atoms with Gasteiger partial charge in [-0.15, -0.1) is 0 Å². The van der Waals surface area contributed by atoms with Gasteiger partial charge in [-0.2, -0.15) is 0 Å². The van der Waals surface area contributed by atoms with E-state index in [0.717, 1.165) is 0 Å². The van der Waals surface area contributed by atoms with Crippen molar-refractivity contribution in [3.05, 3.63) is 0 Å². The minimum absolute atomic E-state index is 0.